The first-order valence-corrected chi connectivity index (χ1v) is 6.97. The van der Waals surface area contributed by atoms with E-state index in [-0.39, 0.29) is 5.91 Å². The van der Waals surface area contributed by atoms with E-state index in [4.69, 9.17) is 4.74 Å². The predicted molar refractivity (Wildman–Crippen MR) is 76.9 cm³/mol. The van der Waals surface area contributed by atoms with Crippen LogP contribution in [0.3, 0.4) is 0 Å². The topological polar surface area (TPSA) is 38.3 Å². The van der Waals surface area contributed by atoms with Crippen LogP contribution in [0.1, 0.15) is 35.2 Å². The number of hydrogen-bond acceptors (Lipinski definition) is 2. The van der Waals surface area contributed by atoms with Gasteiger partial charge in [0.25, 0.3) is 5.91 Å². The first kappa shape index (κ1) is 15.2. The Morgan fingerprint density at radius 2 is 2.11 bits per heavy atom. The molecule has 0 aliphatic carbocycles. The van der Waals surface area contributed by atoms with Crippen LogP contribution in [0.4, 0.5) is 0 Å². The minimum absolute atomic E-state index is 0.0116. The van der Waals surface area contributed by atoms with E-state index in [2.05, 4.69) is 21.2 Å². The molecule has 0 heterocycles. The Labute approximate surface area is 117 Å². The van der Waals surface area contributed by atoms with Crippen LogP contribution >= 0.6 is 15.9 Å². The number of aryl methyl sites for hydroxylation is 1. The molecule has 0 fully saturated rings. The molecule has 4 heteroatoms. The molecule has 0 aliphatic heterocycles. The summed E-state index contributed by atoms with van der Waals surface area (Å²) in [5.41, 5.74) is 1.83. The van der Waals surface area contributed by atoms with E-state index in [0.29, 0.717) is 12.1 Å². The van der Waals surface area contributed by atoms with Gasteiger partial charge in [0.1, 0.15) is 0 Å². The van der Waals surface area contributed by atoms with Gasteiger partial charge in [-0.2, -0.15) is 0 Å². The number of unbranched alkanes of at least 4 members (excludes halogenated alkanes) is 2. The summed E-state index contributed by atoms with van der Waals surface area (Å²) in [6.45, 7) is 3.51. The smallest absolute Gasteiger partial charge is 0.251 e. The SMILES string of the molecule is COCCCCCNC(=O)c1ccc(C)c(Br)c1. The number of ether oxygens (including phenoxy) is 1. The number of carbonyl (C=O) groups is 1. The maximum absolute atomic E-state index is 11.8. The summed E-state index contributed by atoms with van der Waals surface area (Å²) < 4.78 is 5.94. The quantitative estimate of drug-likeness (QED) is 0.784. The largest absolute Gasteiger partial charge is 0.385 e. The molecule has 1 aromatic carbocycles. The Hall–Kier alpha value is -0.870. The van der Waals surface area contributed by atoms with Gasteiger partial charge >= 0.3 is 0 Å². The molecule has 100 valence electrons. The molecule has 0 atom stereocenters. The monoisotopic (exact) mass is 313 g/mol. The number of carbonyl (C=O) groups excluding carboxylic acids is 1. The van der Waals surface area contributed by atoms with Crippen LogP contribution in [0.15, 0.2) is 22.7 Å². The van der Waals surface area contributed by atoms with Crippen molar-refractivity contribution in [1.82, 2.24) is 5.32 Å². The summed E-state index contributed by atoms with van der Waals surface area (Å²) in [5.74, 6) is -0.0116. The van der Waals surface area contributed by atoms with Crippen LogP contribution in [0, 0.1) is 6.92 Å². The predicted octanol–water partition coefficient (Wildman–Crippen LogP) is 3.30. The van der Waals surface area contributed by atoms with E-state index in [9.17, 15) is 4.79 Å². The maximum Gasteiger partial charge on any atom is 0.251 e. The van der Waals surface area contributed by atoms with Gasteiger partial charge in [0, 0.05) is 30.3 Å². The molecule has 1 amide bonds. The summed E-state index contributed by atoms with van der Waals surface area (Å²) in [4.78, 5) is 11.8. The third kappa shape index (κ3) is 5.19. The van der Waals surface area contributed by atoms with Crippen molar-refractivity contribution < 1.29 is 9.53 Å². The number of amides is 1. The Morgan fingerprint density at radius 1 is 1.33 bits per heavy atom. The van der Waals surface area contributed by atoms with Crippen LogP contribution < -0.4 is 5.32 Å². The molecule has 3 nitrogen and oxygen atoms in total. The minimum Gasteiger partial charge on any atom is -0.385 e. The first-order valence-electron chi connectivity index (χ1n) is 6.18. The number of nitrogens with one attached hydrogen (secondary N) is 1. The van der Waals surface area contributed by atoms with Gasteiger partial charge in [-0.15, -0.1) is 0 Å². The highest BCUT2D eigenvalue weighted by Crippen LogP contribution is 2.17. The number of methoxy groups -OCH3 is 1. The molecule has 0 unspecified atom stereocenters. The van der Waals surface area contributed by atoms with E-state index in [1.165, 1.54) is 0 Å². The fourth-order valence-corrected chi connectivity index (χ4v) is 1.97. The second-order valence-corrected chi connectivity index (χ2v) is 5.13. The van der Waals surface area contributed by atoms with Gasteiger partial charge in [0.15, 0.2) is 0 Å². The molecule has 18 heavy (non-hydrogen) atoms. The van der Waals surface area contributed by atoms with Crippen LogP contribution in [0.2, 0.25) is 0 Å². The zero-order valence-corrected chi connectivity index (χ0v) is 12.5. The Morgan fingerprint density at radius 3 is 2.78 bits per heavy atom. The summed E-state index contributed by atoms with van der Waals surface area (Å²) in [7, 11) is 1.71. The van der Waals surface area contributed by atoms with Crippen LogP contribution in [0.25, 0.3) is 0 Å². The van der Waals surface area contributed by atoms with Crippen LogP contribution in [-0.4, -0.2) is 26.2 Å². The standard InChI is InChI=1S/C14H20BrNO2/c1-11-6-7-12(10-13(11)15)14(17)16-8-4-3-5-9-18-2/h6-7,10H,3-5,8-9H2,1-2H3,(H,16,17). The molecule has 0 aliphatic rings. The number of hydrogen-bond donors (Lipinski definition) is 1. The molecule has 0 radical (unpaired) electrons. The molecule has 1 rings (SSSR count). The Balaban J connectivity index is 2.30. The summed E-state index contributed by atoms with van der Waals surface area (Å²) in [6.07, 6.45) is 3.11. The van der Waals surface area contributed by atoms with Crippen molar-refractivity contribution in [3.05, 3.63) is 33.8 Å². The highest BCUT2D eigenvalue weighted by molar-refractivity contribution is 9.10. The molecular formula is C14H20BrNO2. The van der Waals surface area contributed by atoms with Gasteiger partial charge in [-0.1, -0.05) is 22.0 Å². The van der Waals surface area contributed by atoms with Crippen LogP contribution in [-0.2, 0) is 4.74 Å². The summed E-state index contributed by atoms with van der Waals surface area (Å²) in [6, 6.07) is 5.65. The third-order valence-corrected chi connectivity index (χ3v) is 3.60. The third-order valence-electron chi connectivity index (χ3n) is 2.74. The zero-order chi connectivity index (χ0) is 13.4. The van der Waals surface area contributed by atoms with E-state index >= 15 is 0 Å². The number of rotatable bonds is 7. The highest BCUT2D eigenvalue weighted by atomic mass is 79.9. The van der Waals surface area contributed by atoms with Crippen molar-refractivity contribution >= 4 is 21.8 Å². The molecule has 1 N–H and O–H groups in total. The van der Waals surface area contributed by atoms with Gasteiger partial charge in [-0.05, 0) is 43.9 Å². The van der Waals surface area contributed by atoms with Crippen molar-refractivity contribution in [1.29, 1.82) is 0 Å². The van der Waals surface area contributed by atoms with E-state index < -0.39 is 0 Å². The second-order valence-electron chi connectivity index (χ2n) is 4.27. The van der Waals surface area contributed by atoms with Crippen molar-refractivity contribution in [3.8, 4) is 0 Å². The van der Waals surface area contributed by atoms with Gasteiger partial charge < -0.3 is 10.1 Å². The van der Waals surface area contributed by atoms with E-state index in [1.54, 1.807) is 7.11 Å². The van der Waals surface area contributed by atoms with E-state index in [0.717, 1.165) is 35.9 Å². The fraction of sp³-hybridized carbons (Fsp3) is 0.500. The van der Waals surface area contributed by atoms with Gasteiger partial charge in [-0.3, -0.25) is 4.79 Å². The zero-order valence-electron chi connectivity index (χ0n) is 11.0. The number of halogens is 1. The van der Waals surface area contributed by atoms with Crippen molar-refractivity contribution in [2.75, 3.05) is 20.3 Å². The average molecular weight is 314 g/mol. The Bertz CT molecular complexity index is 393. The van der Waals surface area contributed by atoms with Gasteiger partial charge in [0.2, 0.25) is 0 Å². The molecule has 0 bridgehead atoms. The minimum atomic E-state index is -0.0116. The lowest BCUT2D eigenvalue weighted by Gasteiger charge is -2.06. The molecule has 0 spiro atoms. The van der Waals surface area contributed by atoms with Gasteiger partial charge in [-0.25, -0.2) is 0 Å². The molecule has 0 saturated carbocycles. The molecule has 1 aromatic rings. The van der Waals surface area contributed by atoms with Gasteiger partial charge in [0.05, 0.1) is 0 Å². The van der Waals surface area contributed by atoms with Crippen LogP contribution in [0.5, 0.6) is 0 Å². The summed E-state index contributed by atoms with van der Waals surface area (Å²) in [5, 5.41) is 2.92. The molecular weight excluding hydrogens is 294 g/mol. The van der Waals surface area contributed by atoms with Crippen molar-refractivity contribution in [2.45, 2.75) is 26.2 Å². The molecule has 0 aromatic heterocycles. The lowest BCUT2D eigenvalue weighted by atomic mass is 10.1. The van der Waals surface area contributed by atoms with Crippen molar-refractivity contribution in [2.24, 2.45) is 0 Å². The number of benzene rings is 1. The summed E-state index contributed by atoms with van der Waals surface area (Å²) >= 11 is 3.43. The molecule has 0 saturated heterocycles. The fourth-order valence-electron chi connectivity index (χ4n) is 1.59. The highest BCUT2D eigenvalue weighted by Gasteiger charge is 2.06. The average Bonchev–Trinajstić information content (AvgIpc) is 2.36. The lowest BCUT2D eigenvalue weighted by Crippen LogP contribution is -2.24. The lowest BCUT2D eigenvalue weighted by molar-refractivity contribution is 0.0952. The normalized spacial score (nSPS) is 10.4. The second kappa shape index (κ2) is 8.27. The maximum atomic E-state index is 11.8. The first-order chi connectivity index (χ1) is 8.65. The Kier molecular flexibility index (Phi) is 6.98. The van der Waals surface area contributed by atoms with Crippen molar-refractivity contribution in [3.63, 3.8) is 0 Å². The van der Waals surface area contributed by atoms with E-state index in [1.807, 2.05) is 25.1 Å².